The average Bonchev–Trinajstić information content (AvgIpc) is 3.64. The van der Waals surface area contributed by atoms with E-state index >= 15 is 0 Å². The molecule has 2 aliphatic rings. The molecule has 0 bridgehead atoms. The lowest BCUT2D eigenvalue weighted by Crippen LogP contribution is -2.47. The maximum Gasteiger partial charge on any atom is 0.239 e. The van der Waals surface area contributed by atoms with E-state index in [0.29, 0.717) is 38.9 Å². The smallest absolute Gasteiger partial charge is 0.239 e. The van der Waals surface area contributed by atoms with Gasteiger partial charge in [0.2, 0.25) is 23.5 Å². The first-order valence-corrected chi connectivity index (χ1v) is 21.1. The highest BCUT2D eigenvalue weighted by atomic mass is 16.7. The summed E-state index contributed by atoms with van der Waals surface area (Å²) in [5.74, 6) is -5.13. The van der Waals surface area contributed by atoms with Gasteiger partial charge in [0.05, 0.1) is 25.4 Å². The lowest BCUT2D eigenvalue weighted by atomic mass is 9.75. The van der Waals surface area contributed by atoms with E-state index in [4.69, 9.17) is 19.9 Å². The highest BCUT2D eigenvalue weighted by molar-refractivity contribution is 6.38. The van der Waals surface area contributed by atoms with Crippen LogP contribution in [0.15, 0.2) is 30.3 Å². The zero-order chi connectivity index (χ0) is 41.7. The molecule has 0 radical (unpaired) electrons. The van der Waals surface area contributed by atoms with Crippen LogP contribution in [0.1, 0.15) is 123 Å². The van der Waals surface area contributed by atoms with Crippen LogP contribution in [-0.4, -0.2) is 97.6 Å². The monoisotopic (exact) mass is 797 g/mol. The third-order valence-electron chi connectivity index (χ3n) is 11.5. The van der Waals surface area contributed by atoms with Gasteiger partial charge in [-0.05, 0) is 43.6 Å². The third kappa shape index (κ3) is 15.8. The Labute approximate surface area is 338 Å². The van der Waals surface area contributed by atoms with Crippen LogP contribution >= 0.6 is 0 Å². The van der Waals surface area contributed by atoms with E-state index < -0.39 is 53.4 Å². The summed E-state index contributed by atoms with van der Waals surface area (Å²) in [4.78, 5) is 95.4. The second kappa shape index (κ2) is 25.5. The molecular weight excluding hydrogens is 730 g/mol. The molecule has 0 spiro atoms. The summed E-state index contributed by atoms with van der Waals surface area (Å²) < 4.78 is 16.6. The van der Waals surface area contributed by atoms with Gasteiger partial charge in [0.25, 0.3) is 0 Å². The predicted molar refractivity (Wildman–Crippen MR) is 215 cm³/mol. The Bertz CT molecular complexity index is 1460. The number of benzene rings is 1. The second-order valence-corrected chi connectivity index (χ2v) is 15.9. The fraction of sp³-hybridized carbons (Fsp3) is 0.705. The molecule has 1 saturated carbocycles. The molecule has 1 aromatic rings. The van der Waals surface area contributed by atoms with Gasteiger partial charge < -0.3 is 30.2 Å². The fourth-order valence-electron chi connectivity index (χ4n) is 8.11. The molecule has 13 heteroatoms. The van der Waals surface area contributed by atoms with Crippen LogP contribution in [0.25, 0.3) is 0 Å². The number of unbranched alkanes of at least 4 members (excludes halogenated alkanes) is 1. The highest BCUT2D eigenvalue weighted by Crippen LogP contribution is 2.36. The number of Topliss-reactive ketones (excluding diaryl/α,β-unsaturated/α-hetero) is 4. The number of hydrogen-bond acceptors (Lipinski definition) is 10. The summed E-state index contributed by atoms with van der Waals surface area (Å²) >= 11 is 0. The number of nitrogens with one attached hydrogen (secondary N) is 1. The first kappa shape index (κ1) is 47.6. The van der Waals surface area contributed by atoms with Crippen LogP contribution in [0.3, 0.4) is 0 Å². The number of rotatable bonds is 28. The largest absolute Gasteiger partial charge is 0.382 e. The summed E-state index contributed by atoms with van der Waals surface area (Å²) in [6, 6.07) is 8.03. The number of carbonyl (C=O) groups excluding carboxylic acids is 7. The Morgan fingerprint density at radius 2 is 1.63 bits per heavy atom. The topological polar surface area (TPSA) is 188 Å². The van der Waals surface area contributed by atoms with E-state index in [2.05, 4.69) is 5.32 Å². The van der Waals surface area contributed by atoms with Crippen molar-refractivity contribution in [1.82, 2.24) is 10.2 Å². The SMILES string of the molecule is CCCCC(NC(=O)CCC(=O)C(=O)C(CCC)CC(=O)[C@@H]1C[C@@H](OCOCCOC)CN1C(=O)C(CC(=O)C(C)Cc1ccccc1)C1CCCCC1)C(N)=O. The van der Waals surface area contributed by atoms with Gasteiger partial charge in [0.1, 0.15) is 18.6 Å². The van der Waals surface area contributed by atoms with Gasteiger partial charge in [-0.25, -0.2) is 0 Å². The van der Waals surface area contributed by atoms with Gasteiger partial charge in [0.15, 0.2) is 11.6 Å². The first-order valence-electron chi connectivity index (χ1n) is 21.1. The fourth-order valence-corrected chi connectivity index (χ4v) is 8.11. The van der Waals surface area contributed by atoms with Crippen LogP contribution in [-0.2, 0) is 54.2 Å². The number of nitrogens with two attached hydrogens (primary N) is 1. The maximum absolute atomic E-state index is 14.7. The van der Waals surface area contributed by atoms with Crippen LogP contribution in [0.4, 0.5) is 0 Å². The van der Waals surface area contributed by atoms with E-state index in [1.165, 1.54) is 0 Å². The van der Waals surface area contributed by atoms with E-state index in [-0.39, 0.29) is 81.2 Å². The third-order valence-corrected chi connectivity index (χ3v) is 11.5. The maximum atomic E-state index is 14.7. The number of hydrogen-bond donors (Lipinski definition) is 2. The molecule has 1 heterocycles. The van der Waals surface area contributed by atoms with Crippen LogP contribution in [0.5, 0.6) is 0 Å². The minimum Gasteiger partial charge on any atom is -0.382 e. The minimum atomic E-state index is -0.926. The average molecular weight is 798 g/mol. The number of carbonyl (C=O) groups is 7. The zero-order valence-corrected chi connectivity index (χ0v) is 34.7. The molecule has 1 aliphatic heterocycles. The van der Waals surface area contributed by atoms with Crippen LogP contribution < -0.4 is 11.1 Å². The van der Waals surface area contributed by atoms with E-state index in [0.717, 1.165) is 44.1 Å². The summed E-state index contributed by atoms with van der Waals surface area (Å²) in [5.41, 5.74) is 6.48. The molecule has 2 fully saturated rings. The van der Waals surface area contributed by atoms with Crippen molar-refractivity contribution < 1.29 is 47.8 Å². The Kier molecular flexibility index (Phi) is 21.3. The number of ether oxygens (including phenoxy) is 3. The number of amides is 3. The van der Waals surface area contributed by atoms with Crippen LogP contribution in [0.2, 0.25) is 0 Å². The van der Waals surface area contributed by atoms with Crippen molar-refractivity contribution in [3.05, 3.63) is 35.9 Å². The van der Waals surface area contributed by atoms with Gasteiger partial charge in [-0.3, -0.25) is 33.6 Å². The second-order valence-electron chi connectivity index (χ2n) is 15.9. The van der Waals surface area contributed by atoms with Gasteiger partial charge in [0, 0.05) is 63.5 Å². The van der Waals surface area contributed by atoms with Crippen molar-refractivity contribution in [2.24, 2.45) is 29.4 Å². The van der Waals surface area contributed by atoms with Crippen molar-refractivity contribution in [3.63, 3.8) is 0 Å². The molecule has 57 heavy (non-hydrogen) atoms. The molecule has 3 amide bonds. The van der Waals surface area contributed by atoms with Gasteiger partial charge in [-0.2, -0.15) is 0 Å². The molecule has 13 nitrogen and oxygen atoms in total. The van der Waals surface area contributed by atoms with E-state index in [1.54, 1.807) is 12.0 Å². The molecule has 3 rings (SSSR count). The minimum absolute atomic E-state index is 0.00126. The molecule has 4 unspecified atom stereocenters. The molecule has 1 aromatic carbocycles. The molecule has 3 N–H and O–H groups in total. The Morgan fingerprint density at radius 3 is 2.28 bits per heavy atom. The summed E-state index contributed by atoms with van der Waals surface area (Å²) in [5, 5.41) is 2.56. The van der Waals surface area contributed by atoms with Gasteiger partial charge in [-0.1, -0.05) is 89.6 Å². The van der Waals surface area contributed by atoms with Crippen molar-refractivity contribution in [2.45, 2.75) is 142 Å². The number of nitrogens with zero attached hydrogens (tertiary/aromatic N) is 1. The number of ketones is 4. The number of methoxy groups -OCH3 is 1. The summed E-state index contributed by atoms with van der Waals surface area (Å²) in [7, 11) is 1.56. The Hall–Kier alpha value is -3.81. The Morgan fingerprint density at radius 1 is 0.912 bits per heavy atom. The molecule has 318 valence electrons. The zero-order valence-electron chi connectivity index (χ0n) is 34.7. The lowest BCUT2D eigenvalue weighted by molar-refractivity contribution is -0.146. The van der Waals surface area contributed by atoms with Crippen molar-refractivity contribution >= 4 is 40.9 Å². The highest BCUT2D eigenvalue weighted by Gasteiger charge is 2.45. The standard InChI is InChI=1S/C44H67N3O10/c1-5-7-19-36(43(45)53)46-41(51)21-20-38(48)42(52)33(14-6-2)25-40(50)37-26-34(57-29-56-23-22-55-4)28-47(37)44(54)35(32-17-12-9-13-18-32)27-39(49)30(3)24-31-15-10-8-11-16-31/h8,10-11,15-16,30,32-37H,5-7,9,12-14,17-29H2,1-4H3,(H2,45,53)(H,46,51)/t30?,33?,34-,35?,36?,37+/m1/s1. The van der Waals surface area contributed by atoms with Crippen molar-refractivity contribution in [3.8, 4) is 0 Å². The predicted octanol–water partition coefficient (Wildman–Crippen LogP) is 5.08. The molecule has 6 atom stereocenters. The van der Waals surface area contributed by atoms with E-state index in [9.17, 15) is 33.6 Å². The van der Waals surface area contributed by atoms with Crippen LogP contribution in [0, 0.1) is 23.7 Å². The number of primary amides is 1. The van der Waals surface area contributed by atoms with E-state index in [1.807, 2.05) is 51.1 Å². The molecule has 1 aliphatic carbocycles. The molecular formula is C44H67N3O10. The Balaban J connectivity index is 1.78. The van der Waals surface area contributed by atoms with Crippen molar-refractivity contribution in [1.29, 1.82) is 0 Å². The normalized spacial score (nSPS) is 19.3. The first-order chi connectivity index (χ1) is 27.4. The number of likely N-dealkylation sites (tertiary alicyclic amines) is 1. The summed E-state index contributed by atoms with van der Waals surface area (Å²) in [6.07, 6.45) is 6.73. The molecule has 0 aromatic heterocycles. The lowest BCUT2D eigenvalue weighted by Gasteiger charge is -2.34. The van der Waals surface area contributed by atoms with Crippen molar-refractivity contribution in [2.75, 3.05) is 33.7 Å². The molecule has 1 saturated heterocycles. The summed E-state index contributed by atoms with van der Waals surface area (Å²) in [6.45, 7) is 6.46. The van der Waals surface area contributed by atoms with Gasteiger partial charge >= 0.3 is 0 Å². The van der Waals surface area contributed by atoms with Gasteiger partial charge in [-0.15, -0.1) is 0 Å². The quantitative estimate of drug-likeness (QED) is 0.0658.